The summed E-state index contributed by atoms with van der Waals surface area (Å²) in [6.45, 7) is 3.84. The minimum Gasteiger partial charge on any atom is -0.334 e. The van der Waals surface area contributed by atoms with Crippen molar-refractivity contribution in [3.8, 4) is 0 Å². The minimum absolute atomic E-state index is 0.0377. The Balaban J connectivity index is 1.89. The first-order chi connectivity index (χ1) is 10.2. The van der Waals surface area contributed by atoms with E-state index in [0.29, 0.717) is 19.6 Å². The lowest BCUT2D eigenvalue weighted by Gasteiger charge is -2.21. The molecule has 0 aromatic heterocycles. The number of halogens is 1. The Bertz CT molecular complexity index is 569. The number of rotatable bonds is 5. The molecule has 0 spiro atoms. The molecular weight excluding hydrogens is 328 g/mol. The number of hydrogen-bond donors (Lipinski definition) is 1. The van der Waals surface area contributed by atoms with E-state index in [9.17, 15) is 4.79 Å². The fourth-order valence-corrected chi connectivity index (χ4v) is 2.29. The van der Waals surface area contributed by atoms with Crippen LogP contribution in [0.3, 0.4) is 0 Å². The van der Waals surface area contributed by atoms with E-state index in [-0.39, 0.29) is 6.03 Å². The molecule has 3 nitrogen and oxygen atoms in total. The zero-order chi connectivity index (χ0) is 15.1. The van der Waals surface area contributed by atoms with Crippen molar-refractivity contribution in [1.29, 1.82) is 0 Å². The predicted molar refractivity (Wildman–Crippen MR) is 88.9 cm³/mol. The normalized spacial score (nSPS) is 10.2. The molecule has 0 aliphatic rings. The molecule has 2 aromatic rings. The van der Waals surface area contributed by atoms with Crippen molar-refractivity contribution in [1.82, 2.24) is 10.2 Å². The van der Waals surface area contributed by atoms with Crippen LogP contribution < -0.4 is 5.32 Å². The summed E-state index contributed by atoms with van der Waals surface area (Å²) in [6, 6.07) is 17.9. The third kappa shape index (κ3) is 4.90. The lowest BCUT2D eigenvalue weighted by atomic mass is 10.2. The molecule has 4 heteroatoms. The van der Waals surface area contributed by atoms with Gasteiger partial charge in [-0.2, -0.15) is 0 Å². The van der Waals surface area contributed by atoms with Crippen LogP contribution in [0.2, 0.25) is 0 Å². The molecule has 110 valence electrons. The van der Waals surface area contributed by atoms with Gasteiger partial charge in [-0.25, -0.2) is 4.79 Å². The molecule has 0 aliphatic heterocycles. The minimum atomic E-state index is -0.0377. The maximum Gasteiger partial charge on any atom is 0.317 e. The van der Waals surface area contributed by atoms with E-state index < -0.39 is 0 Å². The monoisotopic (exact) mass is 346 g/mol. The number of nitrogens with zero attached hydrogens (tertiary/aromatic N) is 1. The van der Waals surface area contributed by atoms with Crippen LogP contribution in [0, 0.1) is 0 Å². The molecular formula is C17H19BrN2O. The van der Waals surface area contributed by atoms with E-state index in [2.05, 4.69) is 21.2 Å². The summed E-state index contributed by atoms with van der Waals surface area (Å²) in [6.07, 6.45) is 0. The van der Waals surface area contributed by atoms with Crippen molar-refractivity contribution in [2.45, 2.75) is 20.0 Å². The highest BCUT2D eigenvalue weighted by molar-refractivity contribution is 9.10. The predicted octanol–water partition coefficient (Wildman–Crippen LogP) is 4.18. The van der Waals surface area contributed by atoms with Gasteiger partial charge in [-0.1, -0.05) is 58.4 Å². The summed E-state index contributed by atoms with van der Waals surface area (Å²) in [4.78, 5) is 14.0. The van der Waals surface area contributed by atoms with Crippen LogP contribution in [0.4, 0.5) is 4.79 Å². The van der Waals surface area contributed by atoms with Gasteiger partial charge in [0.2, 0.25) is 0 Å². The maximum absolute atomic E-state index is 12.2. The van der Waals surface area contributed by atoms with E-state index >= 15 is 0 Å². The molecule has 2 aromatic carbocycles. The summed E-state index contributed by atoms with van der Waals surface area (Å²) in [5.41, 5.74) is 2.22. The molecule has 0 bridgehead atoms. The highest BCUT2D eigenvalue weighted by Gasteiger charge is 2.11. The standard InChI is InChI=1S/C17H19BrN2O/c1-2-20(13-15-6-4-3-5-7-15)17(21)19-12-14-8-10-16(18)11-9-14/h3-11H,2,12-13H2,1H3,(H,19,21). The van der Waals surface area contributed by atoms with Crippen LogP contribution in [-0.2, 0) is 13.1 Å². The second-order valence-electron chi connectivity index (χ2n) is 4.78. The van der Waals surface area contributed by atoms with Crippen molar-refractivity contribution >= 4 is 22.0 Å². The quantitative estimate of drug-likeness (QED) is 0.865. The maximum atomic E-state index is 12.2. The van der Waals surface area contributed by atoms with Crippen molar-refractivity contribution in [3.05, 3.63) is 70.2 Å². The van der Waals surface area contributed by atoms with Crippen molar-refractivity contribution in [2.24, 2.45) is 0 Å². The molecule has 2 amide bonds. The van der Waals surface area contributed by atoms with Crippen LogP contribution in [0.25, 0.3) is 0 Å². The van der Waals surface area contributed by atoms with Crippen LogP contribution in [-0.4, -0.2) is 17.5 Å². The Morgan fingerprint density at radius 3 is 2.33 bits per heavy atom. The van der Waals surface area contributed by atoms with E-state index in [1.165, 1.54) is 0 Å². The smallest absolute Gasteiger partial charge is 0.317 e. The van der Waals surface area contributed by atoms with Crippen LogP contribution in [0.1, 0.15) is 18.1 Å². The molecule has 1 N–H and O–H groups in total. The van der Waals surface area contributed by atoms with Gasteiger partial charge in [0.1, 0.15) is 0 Å². The summed E-state index contributed by atoms with van der Waals surface area (Å²) in [5.74, 6) is 0. The number of carbonyl (C=O) groups is 1. The average molecular weight is 347 g/mol. The highest BCUT2D eigenvalue weighted by atomic mass is 79.9. The van der Waals surface area contributed by atoms with Crippen LogP contribution in [0.15, 0.2) is 59.1 Å². The van der Waals surface area contributed by atoms with Gasteiger partial charge in [0.25, 0.3) is 0 Å². The Morgan fingerprint density at radius 2 is 1.71 bits per heavy atom. The van der Waals surface area contributed by atoms with E-state index in [1.807, 2.05) is 61.5 Å². The number of urea groups is 1. The van der Waals surface area contributed by atoms with Gasteiger partial charge >= 0.3 is 6.03 Å². The zero-order valence-corrected chi connectivity index (χ0v) is 13.6. The van der Waals surface area contributed by atoms with Gasteiger partial charge in [0, 0.05) is 24.1 Å². The Hall–Kier alpha value is -1.81. The number of amides is 2. The van der Waals surface area contributed by atoms with Gasteiger partial charge in [-0.05, 0) is 30.2 Å². The summed E-state index contributed by atoms with van der Waals surface area (Å²) in [5, 5.41) is 2.96. The van der Waals surface area contributed by atoms with Crippen LogP contribution >= 0.6 is 15.9 Å². The first kappa shape index (κ1) is 15.6. The molecule has 0 atom stereocenters. The second-order valence-corrected chi connectivity index (χ2v) is 5.70. The second kappa shape index (κ2) is 7.84. The topological polar surface area (TPSA) is 32.3 Å². The number of nitrogens with one attached hydrogen (secondary N) is 1. The fraction of sp³-hybridized carbons (Fsp3) is 0.235. The van der Waals surface area contributed by atoms with E-state index in [0.717, 1.165) is 15.6 Å². The first-order valence-corrected chi connectivity index (χ1v) is 7.79. The highest BCUT2D eigenvalue weighted by Crippen LogP contribution is 2.10. The van der Waals surface area contributed by atoms with Crippen molar-refractivity contribution in [3.63, 3.8) is 0 Å². The molecule has 0 heterocycles. The lowest BCUT2D eigenvalue weighted by molar-refractivity contribution is 0.197. The third-order valence-corrected chi connectivity index (χ3v) is 3.77. The lowest BCUT2D eigenvalue weighted by Crippen LogP contribution is -2.39. The zero-order valence-electron chi connectivity index (χ0n) is 12.1. The average Bonchev–Trinajstić information content (AvgIpc) is 2.52. The molecule has 0 saturated heterocycles. The van der Waals surface area contributed by atoms with Gasteiger partial charge in [0.15, 0.2) is 0 Å². The number of carbonyl (C=O) groups excluding carboxylic acids is 1. The molecule has 0 radical (unpaired) electrons. The Kier molecular flexibility index (Phi) is 5.81. The molecule has 0 aliphatic carbocycles. The molecule has 2 rings (SSSR count). The van der Waals surface area contributed by atoms with Gasteiger partial charge in [0.05, 0.1) is 0 Å². The molecule has 0 fully saturated rings. The Labute approximate surface area is 134 Å². The fourth-order valence-electron chi connectivity index (χ4n) is 2.02. The van der Waals surface area contributed by atoms with Crippen molar-refractivity contribution in [2.75, 3.05) is 6.54 Å². The summed E-state index contributed by atoms with van der Waals surface area (Å²) >= 11 is 3.40. The molecule has 0 saturated carbocycles. The van der Waals surface area contributed by atoms with Crippen molar-refractivity contribution < 1.29 is 4.79 Å². The first-order valence-electron chi connectivity index (χ1n) is 7.00. The summed E-state index contributed by atoms with van der Waals surface area (Å²) in [7, 11) is 0. The van der Waals surface area contributed by atoms with E-state index in [1.54, 1.807) is 4.90 Å². The number of hydrogen-bond acceptors (Lipinski definition) is 1. The number of benzene rings is 2. The van der Waals surface area contributed by atoms with Gasteiger partial charge in [-0.15, -0.1) is 0 Å². The van der Waals surface area contributed by atoms with Gasteiger partial charge in [-0.3, -0.25) is 0 Å². The Morgan fingerprint density at radius 1 is 1.05 bits per heavy atom. The third-order valence-electron chi connectivity index (χ3n) is 3.24. The molecule has 0 unspecified atom stereocenters. The SMILES string of the molecule is CCN(Cc1ccccc1)C(=O)NCc1ccc(Br)cc1. The largest absolute Gasteiger partial charge is 0.334 e. The van der Waals surface area contributed by atoms with E-state index in [4.69, 9.17) is 0 Å². The van der Waals surface area contributed by atoms with Crippen LogP contribution in [0.5, 0.6) is 0 Å². The summed E-state index contributed by atoms with van der Waals surface area (Å²) < 4.78 is 1.04. The molecule has 21 heavy (non-hydrogen) atoms. The van der Waals surface area contributed by atoms with Gasteiger partial charge < -0.3 is 10.2 Å².